The van der Waals surface area contributed by atoms with Crippen LogP contribution in [0.1, 0.15) is 37.9 Å². The summed E-state index contributed by atoms with van der Waals surface area (Å²) in [5.41, 5.74) is 2.59. The normalized spacial score (nSPS) is 13.5. The first-order valence-corrected chi connectivity index (χ1v) is 7.99. The second kappa shape index (κ2) is 7.36. The van der Waals surface area contributed by atoms with Gasteiger partial charge in [-0.1, -0.05) is 6.07 Å². The Morgan fingerprint density at radius 3 is 2.64 bits per heavy atom. The van der Waals surface area contributed by atoms with Gasteiger partial charge in [-0.25, -0.2) is 4.79 Å². The lowest BCUT2D eigenvalue weighted by molar-refractivity contribution is 0.0600. The predicted molar refractivity (Wildman–Crippen MR) is 90.7 cm³/mol. The second-order valence-corrected chi connectivity index (χ2v) is 5.76. The van der Waals surface area contributed by atoms with Crippen molar-refractivity contribution in [2.45, 2.75) is 12.5 Å². The number of carbonyl (C=O) groups is 2. The number of nitrogens with one attached hydrogen (secondary N) is 1. The van der Waals surface area contributed by atoms with Crippen LogP contribution in [0.2, 0.25) is 0 Å². The first-order chi connectivity index (χ1) is 12.1. The minimum absolute atomic E-state index is 0.0945. The molecule has 1 amide bonds. The zero-order chi connectivity index (χ0) is 17.8. The third kappa shape index (κ3) is 3.80. The number of aliphatic hydroxyl groups is 1. The molecule has 0 saturated carbocycles. The molecule has 2 aromatic carbocycles. The first kappa shape index (κ1) is 17.0. The molecule has 2 aromatic rings. The van der Waals surface area contributed by atoms with Crippen molar-refractivity contribution >= 4 is 11.9 Å². The maximum absolute atomic E-state index is 12.2. The fourth-order valence-corrected chi connectivity index (χ4v) is 2.70. The van der Waals surface area contributed by atoms with Gasteiger partial charge in [-0.2, -0.15) is 0 Å². The second-order valence-electron chi connectivity index (χ2n) is 5.76. The van der Waals surface area contributed by atoms with Crippen molar-refractivity contribution in [1.82, 2.24) is 5.32 Å². The van der Waals surface area contributed by atoms with Gasteiger partial charge >= 0.3 is 5.97 Å². The molecule has 0 fully saturated rings. The molecule has 130 valence electrons. The van der Waals surface area contributed by atoms with Gasteiger partial charge in [-0.15, -0.1) is 0 Å². The Bertz CT molecular complexity index is 785. The Labute approximate surface area is 145 Å². The third-order valence-electron chi connectivity index (χ3n) is 4.12. The van der Waals surface area contributed by atoms with E-state index < -0.39 is 12.1 Å². The van der Waals surface area contributed by atoms with Gasteiger partial charge in [-0.05, 0) is 47.5 Å². The number of aliphatic hydroxyl groups excluding tert-OH is 1. The molecule has 1 unspecified atom stereocenters. The van der Waals surface area contributed by atoms with Gasteiger partial charge in [0.1, 0.15) is 5.75 Å². The topological polar surface area (TPSA) is 84.9 Å². The molecule has 2 N–H and O–H groups in total. The highest BCUT2D eigenvalue weighted by Gasteiger charge is 2.16. The first-order valence-electron chi connectivity index (χ1n) is 7.99. The van der Waals surface area contributed by atoms with Crippen LogP contribution in [0.15, 0.2) is 42.5 Å². The molecule has 0 radical (unpaired) electrons. The number of benzene rings is 2. The summed E-state index contributed by atoms with van der Waals surface area (Å²) in [6.45, 7) is 0.754. The minimum Gasteiger partial charge on any atom is -0.493 e. The van der Waals surface area contributed by atoms with Crippen LogP contribution in [0, 0.1) is 0 Å². The van der Waals surface area contributed by atoms with Crippen LogP contribution in [0.3, 0.4) is 0 Å². The maximum Gasteiger partial charge on any atom is 0.337 e. The summed E-state index contributed by atoms with van der Waals surface area (Å²) < 4.78 is 10.1. The van der Waals surface area contributed by atoms with Gasteiger partial charge in [0.15, 0.2) is 0 Å². The number of methoxy groups -OCH3 is 1. The van der Waals surface area contributed by atoms with E-state index in [2.05, 4.69) is 10.1 Å². The highest BCUT2D eigenvalue weighted by atomic mass is 16.5. The number of fused-ring (bicyclic) bond motifs is 1. The van der Waals surface area contributed by atoms with Gasteiger partial charge in [0.25, 0.3) is 5.91 Å². The third-order valence-corrected chi connectivity index (χ3v) is 4.12. The summed E-state index contributed by atoms with van der Waals surface area (Å²) in [6, 6.07) is 11.7. The molecule has 3 rings (SSSR count). The Hall–Kier alpha value is -2.86. The molecule has 0 saturated heterocycles. The molecule has 1 heterocycles. The molecule has 25 heavy (non-hydrogen) atoms. The van der Waals surface area contributed by atoms with E-state index in [1.54, 1.807) is 18.2 Å². The van der Waals surface area contributed by atoms with Gasteiger partial charge in [-0.3, -0.25) is 4.79 Å². The standard InChI is InChI=1S/C19H19NO5/c1-24-19(23)13-4-2-12(3-5-13)18(22)20-11-16(21)14-6-7-17-15(10-14)8-9-25-17/h2-7,10,16,21H,8-9,11H2,1H3,(H,20,22). The lowest BCUT2D eigenvalue weighted by Crippen LogP contribution is -2.28. The number of esters is 1. The number of hydrogen-bond donors (Lipinski definition) is 2. The lowest BCUT2D eigenvalue weighted by Gasteiger charge is -2.13. The molecular weight excluding hydrogens is 322 g/mol. The molecule has 6 heteroatoms. The van der Waals surface area contributed by atoms with E-state index in [0.717, 1.165) is 23.3 Å². The molecule has 0 spiro atoms. The van der Waals surface area contributed by atoms with E-state index in [1.807, 2.05) is 12.1 Å². The quantitative estimate of drug-likeness (QED) is 0.811. The Morgan fingerprint density at radius 1 is 1.20 bits per heavy atom. The minimum atomic E-state index is -0.802. The number of carbonyl (C=O) groups excluding carboxylic acids is 2. The number of hydrogen-bond acceptors (Lipinski definition) is 5. The average molecular weight is 341 g/mol. The summed E-state index contributed by atoms with van der Waals surface area (Å²) in [5, 5.41) is 13.0. The van der Waals surface area contributed by atoms with Crippen molar-refractivity contribution in [1.29, 1.82) is 0 Å². The lowest BCUT2D eigenvalue weighted by atomic mass is 10.0. The van der Waals surface area contributed by atoms with Crippen LogP contribution in [-0.2, 0) is 11.2 Å². The summed E-state index contributed by atoms with van der Waals surface area (Å²) in [4.78, 5) is 23.5. The molecule has 0 bridgehead atoms. The molecule has 1 atom stereocenters. The van der Waals surface area contributed by atoms with Crippen molar-refractivity contribution in [3.05, 3.63) is 64.7 Å². The van der Waals surface area contributed by atoms with Crippen molar-refractivity contribution in [3.63, 3.8) is 0 Å². The number of amides is 1. The largest absolute Gasteiger partial charge is 0.493 e. The highest BCUT2D eigenvalue weighted by Crippen LogP contribution is 2.28. The molecule has 6 nitrogen and oxygen atoms in total. The van der Waals surface area contributed by atoms with Crippen LogP contribution < -0.4 is 10.1 Å². The Morgan fingerprint density at radius 2 is 1.92 bits per heavy atom. The van der Waals surface area contributed by atoms with Crippen LogP contribution in [0.5, 0.6) is 5.75 Å². The molecule has 0 aromatic heterocycles. The van der Waals surface area contributed by atoms with Gasteiger partial charge in [0, 0.05) is 18.5 Å². The molecule has 1 aliphatic heterocycles. The van der Waals surface area contributed by atoms with Crippen LogP contribution in [-0.4, -0.2) is 37.2 Å². The monoisotopic (exact) mass is 341 g/mol. The van der Waals surface area contributed by atoms with Gasteiger partial charge in [0.2, 0.25) is 0 Å². The van der Waals surface area contributed by atoms with Crippen LogP contribution in [0.4, 0.5) is 0 Å². The molecule has 0 aliphatic carbocycles. The Kier molecular flexibility index (Phi) is 5.00. The summed E-state index contributed by atoms with van der Waals surface area (Å²) in [5.74, 6) is 0.0774. The summed E-state index contributed by atoms with van der Waals surface area (Å²) in [6.07, 6.45) is 0.0265. The highest BCUT2D eigenvalue weighted by molar-refractivity contribution is 5.96. The van der Waals surface area contributed by atoms with Gasteiger partial charge < -0.3 is 19.9 Å². The van der Waals surface area contributed by atoms with E-state index in [4.69, 9.17) is 4.74 Å². The molecular formula is C19H19NO5. The smallest absolute Gasteiger partial charge is 0.337 e. The van der Waals surface area contributed by atoms with Gasteiger partial charge in [0.05, 0.1) is 25.4 Å². The SMILES string of the molecule is COC(=O)c1ccc(C(=O)NCC(O)c2ccc3c(c2)CCO3)cc1. The van der Waals surface area contributed by atoms with Crippen LogP contribution in [0.25, 0.3) is 0 Å². The maximum atomic E-state index is 12.2. The fraction of sp³-hybridized carbons (Fsp3) is 0.263. The Balaban J connectivity index is 1.59. The average Bonchev–Trinajstić information content (AvgIpc) is 3.13. The van der Waals surface area contributed by atoms with Crippen molar-refractivity contribution in [2.75, 3.05) is 20.3 Å². The number of rotatable bonds is 5. The van der Waals surface area contributed by atoms with E-state index in [9.17, 15) is 14.7 Å². The zero-order valence-corrected chi connectivity index (χ0v) is 13.8. The zero-order valence-electron chi connectivity index (χ0n) is 13.8. The van der Waals surface area contributed by atoms with E-state index in [1.165, 1.54) is 19.2 Å². The van der Waals surface area contributed by atoms with E-state index >= 15 is 0 Å². The summed E-state index contributed by atoms with van der Waals surface area (Å²) in [7, 11) is 1.30. The van der Waals surface area contributed by atoms with Crippen molar-refractivity contribution in [2.24, 2.45) is 0 Å². The number of ether oxygens (including phenoxy) is 2. The summed E-state index contributed by atoms with van der Waals surface area (Å²) >= 11 is 0. The predicted octanol–water partition coefficient (Wildman–Crippen LogP) is 1.87. The van der Waals surface area contributed by atoms with E-state index in [0.29, 0.717) is 17.7 Å². The van der Waals surface area contributed by atoms with Crippen LogP contribution >= 0.6 is 0 Å². The van der Waals surface area contributed by atoms with Crippen molar-refractivity contribution in [3.8, 4) is 5.75 Å². The van der Waals surface area contributed by atoms with E-state index in [-0.39, 0.29) is 12.5 Å². The fourth-order valence-electron chi connectivity index (χ4n) is 2.70. The molecule has 1 aliphatic rings. The van der Waals surface area contributed by atoms with Crippen molar-refractivity contribution < 1.29 is 24.2 Å².